The van der Waals surface area contributed by atoms with Gasteiger partial charge in [-0.25, -0.2) is 0 Å². The number of hydrogen-bond acceptors (Lipinski definition) is 3. The highest BCUT2D eigenvalue weighted by Crippen LogP contribution is 2.26. The van der Waals surface area contributed by atoms with Crippen LogP contribution in [0.15, 0.2) is 0 Å². The average Bonchev–Trinajstić information content (AvgIpc) is 2.63. The van der Waals surface area contributed by atoms with Crippen LogP contribution in [0.4, 0.5) is 0 Å². The van der Waals surface area contributed by atoms with Gasteiger partial charge in [0.2, 0.25) is 5.91 Å². The molecule has 1 aliphatic carbocycles. The van der Waals surface area contributed by atoms with Crippen molar-refractivity contribution in [3.8, 4) is 0 Å². The average molecular weight is 268 g/mol. The molecule has 4 heteroatoms. The lowest BCUT2D eigenvalue weighted by Gasteiger charge is -2.28. The summed E-state index contributed by atoms with van der Waals surface area (Å²) in [7, 11) is 0. The summed E-state index contributed by atoms with van der Waals surface area (Å²) in [6.07, 6.45) is 9.16. The molecule has 0 spiro atoms. The Labute approximate surface area is 116 Å². The van der Waals surface area contributed by atoms with Crippen molar-refractivity contribution in [2.75, 3.05) is 19.6 Å². The Morgan fingerprint density at radius 3 is 2.58 bits per heavy atom. The van der Waals surface area contributed by atoms with Crippen molar-refractivity contribution in [3.05, 3.63) is 0 Å². The van der Waals surface area contributed by atoms with Crippen LogP contribution < -0.4 is 10.6 Å². The lowest BCUT2D eigenvalue weighted by molar-refractivity contribution is -0.123. The highest BCUT2D eigenvalue weighted by Gasteiger charge is 2.28. The van der Waals surface area contributed by atoms with E-state index >= 15 is 0 Å². The van der Waals surface area contributed by atoms with Crippen LogP contribution >= 0.6 is 0 Å². The molecule has 110 valence electrons. The summed E-state index contributed by atoms with van der Waals surface area (Å²) in [6, 6.07) is 0. The van der Waals surface area contributed by atoms with E-state index in [1.54, 1.807) is 0 Å². The van der Waals surface area contributed by atoms with E-state index in [9.17, 15) is 9.90 Å². The van der Waals surface area contributed by atoms with E-state index in [1.807, 2.05) is 0 Å². The molecular formula is C15H28N2O2. The van der Waals surface area contributed by atoms with Crippen molar-refractivity contribution in [1.29, 1.82) is 0 Å². The first-order chi connectivity index (χ1) is 9.18. The van der Waals surface area contributed by atoms with E-state index in [4.69, 9.17) is 0 Å². The Hall–Kier alpha value is -0.610. The number of hydrogen-bond donors (Lipinski definition) is 3. The first-order valence-electron chi connectivity index (χ1n) is 7.88. The van der Waals surface area contributed by atoms with E-state index in [-0.39, 0.29) is 5.91 Å². The molecule has 0 aromatic carbocycles. The zero-order valence-electron chi connectivity index (χ0n) is 11.9. The normalized spacial score (nSPS) is 27.5. The van der Waals surface area contributed by atoms with Gasteiger partial charge in [-0.2, -0.15) is 0 Å². The van der Waals surface area contributed by atoms with Crippen LogP contribution in [0.3, 0.4) is 0 Å². The highest BCUT2D eigenvalue weighted by atomic mass is 16.3. The van der Waals surface area contributed by atoms with Crippen molar-refractivity contribution in [2.45, 2.75) is 63.4 Å². The largest absolute Gasteiger partial charge is 0.388 e. The van der Waals surface area contributed by atoms with Gasteiger partial charge in [0.1, 0.15) is 0 Å². The summed E-state index contributed by atoms with van der Waals surface area (Å²) in [5.74, 6) is 0.573. The lowest BCUT2D eigenvalue weighted by Crippen LogP contribution is -2.43. The smallest absolute Gasteiger partial charge is 0.220 e. The van der Waals surface area contributed by atoms with Gasteiger partial charge in [0.25, 0.3) is 0 Å². The van der Waals surface area contributed by atoms with Gasteiger partial charge in [-0.15, -0.1) is 0 Å². The number of carbonyl (C=O) groups is 1. The van der Waals surface area contributed by atoms with Crippen LogP contribution in [0.25, 0.3) is 0 Å². The fourth-order valence-corrected chi connectivity index (χ4v) is 3.26. The maximum atomic E-state index is 11.9. The molecule has 0 aromatic rings. The van der Waals surface area contributed by atoms with Crippen molar-refractivity contribution in [1.82, 2.24) is 10.6 Å². The molecule has 1 aliphatic heterocycles. The fourth-order valence-electron chi connectivity index (χ4n) is 3.26. The minimum Gasteiger partial charge on any atom is -0.388 e. The molecule has 4 nitrogen and oxygen atoms in total. The molecule has 0 bridgehead atoms. The maximum absolute atomic E-state index is 11.9. The molecule has 0 aromatic heterocycles. The molecule has 2 aliphatic rings. The number of carbonyl (C=O) groups excluding carboxylic acids is 1. The Kier molecular flexibility index (Phi) is 5.64. The van der Waals surface area contributed by atoms with Gasteiger partial charge in [-0.3, -0.25) is 4.79 Å². The minimum absolute atomic E-state index is 0.103. The standard InChI is InChI=1S/C15H28N2O2/c18-14(10-13-6-5-9-16-11-13)17-12-15(19)7-3-1-2-4-8-15/h13,16,19H,1-12H2,(H,17,18). The van der Waals surface area contributed by atoms with Crippen LogP contribution in [0, 0.1) is 5.92 Å². The number of nitrogens with one attached hydrogen (secondary N) is 2. The molecule has 1 heterocycles. The van der Waals surface area contributed by atoms with E-state index < -0.39 is 5.60 Å². The van der Waals surface area contributed by atoms with Crippen LogP contribution in [0.5, 0.6) is 0 Å². The van der Waals surface area contributed by atoms with Gasteiger partial charge in [0, 0.05) is 13.0 Å². The second-order valence-electron chi connectivity index (χ2n) is 6.33. The molecule has 1 saturated heterocycles. The highest BCUT2D eigenvalue weighted by molar-refractivity contribution is 5.76. The van der Waals surface area contributed by atoms with Crippen molar-refractivity contribution in [2.24, 2.45) is 5.92 Å². The van der Waals surface area contributed by atoms with Gasteiger partial charge in [-0.1, -0.05) is 25.7 Å². The molecular weight excluding hydrogens is 240 g/mol. The first kappa shape index (κ1) is 14.8. The van der Waals surface area contributed by atoms with Gasteiger partial charge in [0.05, 0.1) is 5.60 Å². The number of amides is 1. The number of aliphatic hydroxyl groups is 1. The summed E-state index contributed by atoms with van der Waals surface area (Å²) >= 11 is 0. The summed E-state index contributed by atoms with van der Waals surface area (Å²) < 4.78 is 0. The molecule has 0 radical (unpaired) electrons. The van der Waals surface area contributed by atoms with E-state index in [0.29, 0.717) is 18.9 Å². The van der Waals surface area contributed by atoms with E-state index in [0.717, 1.165) is 45.2 Å². The van der Waals surface area contributed by atoms with Crippen LogP contribution in [-0.2, 0) is 4.79 Å². The summed E-state index contributed by atoms with van der Waals surface area (Å²) in [4.78, 5) is 11.9. The third kappa shape index (κ3) is 5.11. The van der Waals surface area contributed by atoms with Crippen LogP contribution in [0.2, 0.25) is 0 Å². The summed E-state index contributed by atoms with van der Waals surface area (Å²) in [6.45, 7) is 2.47. The van der Waals surface area contributed by atoms with Gasteiger partial charge in [0.15, 0.2) is 0 Å². The maximum Gasteiger partial charge on any atom is 0.220 e. The Morgan fingerprint density at radius 1 is 1.21 bits per heavy atom. The van der Waals surface area contributed by atoms with Crippen molar-refractivity contribution in [3.63, 3.8) is 0 Å². The second kappa shape index (κ2) is 7.25. The monoisotopic (exact) mass is 268 g/mol. The Balaban J connectivity index is 1.69. The van der Waals surface area contributed by atoms with Gasteiger partial charge >= 0.3 is 0 Å². The Morgan fingerprint density at radius 2 is 1.95 bits per heavy atom. The van der Waals surface area contributed by atoms with Gasteiger partial charge in [-0.05, 0) is 44.7 Å². The minimum atomic E-state index is -0.656. The van der Waals surface area contributed by atoms with Crippen LogP contribution in [0.1, 0.15) is 57.8 Å². The van der Waals surface area contributed by atoms with E-state index in [1.165, 1.54) is 19.3 Å². The molecule has 2 fully saturated rings. The second-order valence-corrected chi connectivity index (χ2v) is 6.33. The third-order valence-corrected chi connectivity index (χ3v) is 4.52. The Bertz CT molecular complexity index is 280. The number of rotatable bonds is 4. The predicted molar refractivity (Wildman–Crippen MR) is 75.9 cm³/mol. The lowest BCUT2D eigenvalue weighted by atomic mass is 9.93. The van der Waals surface area contributed by atoms with Crippen LogP contribution in [-0.4, -0.2) is 36.2 Å². The summed E-state index contributed by atoms with van der Waals surface area (Å²) in [5, 5.41) is 16.8. The zero-order chi connectivity index (χ0) is 13.6. The quantitative estimate of drug-likeness (QED) is 0.678. The van der Waals surface area contributed by atoms with Crippen molar-refractivity contribution < 1.29 is 9.90 Å². The molecule has 1 unspecified atom stereocenters. The molecule has 19 heavy (non-hydrogen) atoms. The zero-order valence-corrected chi connectivity index (χ0v) is 11.9. The summed E-state index contributed by atoms with van der Waals surface area (Å²) in [5.41, 5.74) is -0.656. The SMILES string of the molecule is O=C(CC1CCCNC1)NCC1(O)CCCCCC1. The van der Waals surface area contributed by atoms with E-state index in [2.05, 4.69) is 10.6 Å². The van der Waals surface area contributed by atoms with Crippen molar-refractivity contribution >= 4 is 5.91 Å². The molecule has 2 rings (SSSR count). The fraction of sp³-hybridized carbons (Fsp3) is 0.933. The third-order valence-electron chi connectivity index (χ3n) is 4.52. The predicted octanol–water partition coefficient (Wildman–Crippen LogP) is 1.58. The molecule has 1 saturated carbocycles. The topological polar surface area (TPSA) is 61.4 Å². The molecule has 3 N–H and O–H groups in total. The molecule has 1 amide bonds. The molecule has 1 atom stereocenters. The van der Waals surface area contributed by atoms with Gasteiger partial charge < -0.3 is 15.7 Å². The number of piperidine rings is 1. The first-order valence-corrected chi connectivity index (χ1v) is 7.88.